The fourth-order valence-electron chi connectivity index (χ4n) is 2.26. The Kier molecular flexibility index (Phi) is 3.43. The van der Waals surface area contributed by atoms with Crippen molar-refractivity contribution in [1.82, 2.24) is 0 Å². The molecule has 0 aliphatic carbocycles. The molecule has 0 amide bonds. The Morgan fingerprint density at radius 1 is 0.895 bits per heavy atom. The summed E-state index contributed by atoms with van der Waals surface area (Å²) in [5.74, 6) is 0.272. The molecule has 0 aliphatic heterocycles. The van der Waals surface area contributed by atoms with E-state index in [1.165, 1.54) is 10.8 Å². The molecule has 19 heavy (non-hydrogen) atoms. The number of Topliss-reactive ketones (excluding diaryl/α,β-unsaturated/α-hetero) is 1. The number of thiophene rings is 1. The van der Waals surface area contributed by atoms with E-state index in [0.29, 0.717) is 12.8 Å². The lowest BCUT2D eigenvalue weighted by molar-refractivity contribution is -0.117. The first kappa shape index (κ1) is 12.1. The van der Waals surface area contributed by atoms with Gasteiger partial charge in [-0.2, -0.15) is 11.3 Å². The highest BCUT2D eigenvalue weighted by atomic mass is 32.1. The second-order valence-electron chi connectivity index (χ2n) is 4.71. The fraction of sp³-hybridized carbons (Fsp3) is 0.118. The van der Waals surface area contributed by atoms with Crippen LogP contribution >= 0.6 is 11.3 Å². The third-order valence-corrected chi connectivity index (χ3v) is 3.93. The smallest absolute Gasteiger partial charge is 0.141 e. The zero-order chi connectivity index (χ0) is 13.1. The van der Waals surface area contributed by atoms with Gasteiger partial charge in [-0.25, -0.2) is 0 Å². The number of benzene rings is 2. The van der Waals surface area contributed by atoms with Crippen molar-refractivity contribution in [2.45, 2.75) is 12.8 Å². The number of fused-ring (bicyclic) bond motifs is 1. The SMILES string of the molecule is O=C(Cc1ccsc1)Cc1ccc2ccccc2c1. The highest BCUT2D eigenvalue weighted by molar-refractivity contribution is 7.08. The normalized spacial score (nSPS) is 10.7. The molecule has 94 valence electrons. The molecule has 2 aromatic carbocycles. The highest BCUT2D eigenvalue weighted by Gasteiger charge is 2.06. The Morgan fingerprint density at radius 3 is 2.47 bits per heavy atom. The molecule has 0 saturated carbocycles. The monoisotopic (exact) mass is 266 g/mol. The second-order valence-corrected chi connectivity index (χ2v) is 5.49. The van der Waals surface area contributed by atoms with Crippen LogP contribution in [0.1, 0.15) is 11.1 Å². The van der Waals surface area contributed by atoms with Gasteiger partial charge in [-0.1, -0.05) is 42.5 Å². The van der Waals surface area contributed by atoms with E-state index in [-0.39, 0.29) is 5.78 Å². The molecule has 3 aromatic rings. The van der Waals surface area contributed by atoms with E-state index in [1.807, 2.05) is 35.0 Å². The molecular formula is C17H14OS. The summed E-state index contributed by atoms with van der Waals surface area (Å²) in [5, 5.41) is 6.47. The van der Waals surface area contributed by atoms with Crippen LogP contribution in [-0.2, 0) is 17.6 Å². The molecule has 1 aromatic heterocycles. The minimum Gasteiger partial charge on any atom is -0.299 e. The summed E-state index contributed by atoms with van der Waals surface area (Å²) in [6, 6.07) is 16.5. The maximum Gasteiger partial charge on any atom is 0.141 e. The number of rotatable bonds is 4. The molecule has 3 rings (SSSR count). The molecule has 0 unspecified atom stereocenters. The standard InChI is InChI=1S/C17H14OS/c18-17(11-14-7-8-19-12-14)10-13-5-6-15-3-1-2-4-16(15)9-13/h1-9,12H,10-11H2. The van der Waals surface area contributed by atoms with Gasteiger partial charge in [-0.3, -0.25) is 4.79 Å². The lowest BCUT2D eigenvalue weighted by atomic mass is 10.0. The van der Waals surface area contributed by atoms with Crippen molar-refractivity contribution in [1.29, 1.82) is 0 Å². The van der Waals surface area contributed by atoms with Crippen molar-refractivity contribution in [3.63, 3.8) is 0 Å². The van der Waals surface area contributed by atoms with Gasteiger partial charge in [0.15, 0.2) is 0 Å². The molecular weight excluding hydrogens is 252 g/mol. The van der Waals surface area contributed by atoms with Crippen LogP contribution in [0.5, 0.6) is 0 Å². The first-order valence-electron chi connectivity index (χ1n) is 6.32. The summed E-state index contributed by atoms with van der Waals surface area (Å²) in [4.78, 5) is 12.0. The van der Waals surface area contributed by atoms with E-state index < -0.39 is 0 Å². The van der Waals surface area contributed by atoms with Crippen LogP contribution in [0.3, 0.4) is 0 Å². The quantitative estimate of drug-likeness (QED) is 0.689. The van der Waals surface area contributed by atoms with E-state index in [2.05, 4.69) is 24.3 Å². The van der Waals surface area contributed by atoms with E-state index in [9.17, 15) is 4.79 Å². The summed E-state index contributed by atoms with van der Waals surface area (Å²) in [7, 11) is 0. The Balaban J connectivity index is 1.75. The minimum atomic E-state index is 0.272. The van der Waals surface area contributed by atoms with Crippen molar-refractivity contribution in [3.05, 3.63) is 70.4 Å². The molecule has 0 atom stereocenters. The molecule has 2 heteroatoms. The van der Waals surface area contributed by atoms with Crippen LogP contribution in [0.2, 0.25) is 0 Å². The van der Waals surface area contributed by atoms with Gasteiger partial charge in [0.25, 0.3) is 0 Å². The van der Waals surface area contributed by atoms with Crippen LogP contribution in [0.25, 0.3) is 10.8 Å². The number of carbonyl (C=O) groups is 1. The van der Waals surface area contributed by atoms with Crippen molar-refractivity contribution in [2.24, 2.45) is 0 Å². The molecule has 0 saturated heterocycles. The number of hydrogen-bond acceptors (Lipinski definition) is 2. The zero-order valence-corrected chi connectivity index (χ0v) is 11.3. The molecule has 1 heterocycles. The van der Waals surface area contributed by atoms with Gasteiger partial charge in [0.05, 0.1) is 0 Å². The van der Waals surface area contributed by atoms with E-state index in [0.717, 1.165) is 11.1 Å². The molecule has 0 aliphatic rings. The van der Waals surface area contributed by atoms with Gasteiger partial charge in [0.1, 0.15) is 5.78 Å². The summed E-state index contributed by atoms with van der Waals surface area (Å²) in [5.41, 5.74) is 2.22. The topological polar surface area (TPSA) is 17.1 Å². The molecule has 0 spiro atoms. The average molecular weight is 266 g/mol. The summed E-state index contributed by atoms with van der Waals surface area (Å²) in [6.07, 6.45) is 1.05. The van der Waals surface area contributed by atoms with Gasteiger partial charge in [0, 0.05) is 12.8 Å². The van der Waals surface area contributed by atoms with E-state index in [1.54, 1.807) is 11.3 Å². The first-order chi connectivity index (χ1) is 9.31. The lowest BCUT2D eigenvalue weighted by Gasteiger charge is -2.03. The lowest BCUT2D eigenvalue weighted by Crippen LogP contribution is -2.05. The van der Waals surface area contributed by atoms with Crippen molar-refractivity contribution in [3.8, 4) is 0 Å². The first-order valence-corrected chi connectivity index (χ1v) is 7.26. The van der Waals surface area contributed by atoms with Crippen LogP contribution < -0.4 is 0 Å². The molecule has 0 N–H and O–H groups in total. The van der Waals surface area contributed by atoms with Crippen LogP contribution in [-0.4, -0.2) is 5.78 Å². The van der Waals surface area contributed by atoms with Gasteiger partial charge in [0.2, 0.25) is 0 Å². The third-order valence-electron chi connectivity index (χ3n) is 3.20. The molecule has 1 nitrogen and oxygen atoms in total. The van der Waals surface area contributed by atoms with Crippen LogP contribution in [0, 0.1) is 0 Å². The van der Waals surface area contributed by atoms with Gasteiger partial charge >= 0.3 is 0 Å². The number of hydrogen-bond donors (Lipinski definition) is 0. The van der Waals surface area contributed by atoms with Crippen molar-refractivity contribution < 1.29 is 4.79 Å². The van der Waals surface area contributed by atoms with Crippen molar-refractivity contribution >= 4 is 27.9 Å². The molecule has 0 fully saturated rings. The predicted octanol–water partition coefficient (Wildman–Crippen LogP) is 4.26. The third kappa shape index (κ3) is 2.91. The van der Waals surface area contributed by atoms with Gasteiger partial charge < -0.3 is 0 Å². The number of carbonyl (C=O) groups excluding carboxylic acids is 1. The van der Waals surface area contributed by atoms with E-state index >= 15 is 0 Å². The van der Waals surface area contributed by atoms with Gasteiger partial charge in [-0.15, -0.1) is 0 Å². The largest absolute Gasteiger partial charge is 0.299 e. The number of ketones is 1. The van der Waals surface area contributed by atoms with E-state index in [4.69, 9.17) is 0 Å². The second kappa shape index (κ2) is 5.37. The summed E-state index contributed by atoms with van der Waals surface area (Å²) in [6.45, 7) is 0. The molecule has 0 radical (unpaired) electrons. The van der Waals surface area contributed by atoms with Crippen LogP contribution in [0.15, 0.2) is 59.3 Å². The Labute approximate surface area is 116 Å². The fourth-order valence-corrected chi connectivity index (χ4v) is 2.93. The molecule has 0 bridgehead atoms. The predicted molar refractivity (Wildman–Crippen MR) is 80.7 cm³/mol. The Bertz CT molecular complexity index is 698. The summed E-state index contributed by atoms with van der Waals surface area (Å²) >= 11 is 1.64. The maximum absolute atomic E-state index is 12.0. The Morgan fingerprint density at radius 2 is 1.68 bits per heavy atom. The maximum atomic E-state index is 12.0. The Hall–Kier alpha value is -1.93. The average Bonchev–Trinajstić information content (AvgIpc) is 2.91. The van der Waals surface area contributed by atoms with Crippen LogP contribution in [0.4, 0.5) is 0 Å². The highest BCUT2D eigenvalue weighted by Crippen LogP contribution is 2.17. The zero-order valence-electron chi connectivity index (χ0n) is 10.5. The van der Waals surface area contributed by atoms with Crippen molar-refractivity contribution in [2.75, 3.05) is 0 Å². The van der Waals surface area contributed by atoms with Gasteiger partial charge in [-0.05, 0) is 38.7 Å². The summed E-state index contributed by atoms with van der Waals surface area (Å²) < 4.78 is 0. The minimum absolute atomic E-state index is 0.272.